The van der Waals surface area contributed by atoms with Crippen molar-refractivity contribution in [2.45, 2.75) is 6.10 Å². The molecule has 0 aromatic heterocycles. The topological polar surface area (TPSA) is 51.2 Å². The molecule has 0 radical (unpaired) electrons. The van der Waals surface area contributed by atoms with Gasteiger partial charge in [0, 0.05) is 27.3 Å². The van der Waals surface area contributed by atoms with Crippen LogP contribution >= 0.6 is 0 Å². The van der Waals surface area contributed by atoms with E-state index in [-0.39, 0.29) is 0 Å². The van der Waals surface area contributed by atoms with Crippen molar-refractivity contribution in [2.75, 3.05) is 60.8 Å². The van der Waals surface area contributed by atoms with Crippen LogP contribution in [0.4, 0.5) is 0 Å². The molecule has 0 aromatic rings. The summed E-state index contributed by atoms with van der Waals surface area (Å²) < 4.78 is 15.0. The van der Waals surface area contributed by atoms with Crippen molar-refractivity contribution in [2.24, 2.45) is 0 Å². The molecule has 0 aromatic carbocycles. The minimum Gasteiger partial charge on any atom is -0.389 e. The zero-order valence-corrected chi connectivity index (χ0v) is 9.94. The second kappa shape index (κ2) is 10.3. The minimum absolute atomic E-state index is 0.348. The Morgan fingerprint density at radius 2 is 1.80 bits per heavy atom. The Hall–Kier alpha value is -0.200. The van der Waals surface area contributed by atoms with E-state index in [4.69, 9.17) is 14.2 Å². The summed E-state index contributed by atoms with van der Waals surface area (Å²) in [5.41, 5.74) is 0. The number of aliphatic hydroxyl groups excluding tert-OH is 1. The molecule has 0 spiro atoms. The molecule has 0 saturated carbocycles. The monoisotopic (exact) mass is 221 g/mol. The number of likely N-dealkylation sites (N-methyl/N-ethyl adjacent to an activating group) is 1. The zero-order chi connectivity index (χ0) is 11.5. The highest BCUT2D eigenvalue weighted by molar-refractivity contribution is 4.60. The maximum absolute atomic E-state index is 9.57. The van der Waals surface area contributed by atoms with Crippen LogP contribution in [-0.4, -0.2) is 76.9 Å². The molecular weight excluding hydrogens is 198 g/mol. The lowest BCUT2D eigenvalue weighted by atomic mass is 10.3. The third-order valence-corrected chi connectivity index (χ3v) is 1.94. The van der Waals surface area contributed by atoms with E-state index in [9.17, 15) is 5.11 Å². The fourth-order valence-corrected chi connectivity index (χ4v) is 1.11. The summed E-state index contributed by atoms with van der Waals surface area (Å²) in [6, 6.07) is 0. The van der Waals surface area contributed by atoms with Crippen molar-refractivity contribution in [3.63, 3.8) is 0 Å². The Morgan fingerprint density at radius 3 is 2.40 bits per heavy atom. The highest BCUT2D eigenvalue weighted by Gasteiger charge is 2.07. The van der Waals surface area contributed by atoms with Crippen LogP contribution in [0.5, 0.6) is 0 Å². The van der Waals surface area contributed by atoms with Crippen molar-refractivity contribution >= 4 is 0 Å². The molecule has 5 nitrogen and oxygen atoms in total. The first-order valence-electron chi connectivity index (χ1n) is 5.13. The van der Waals surface area contributed by atoms with Crippen LogP contribution < -0.4 is 0 Å². The van der Waals surface area contributed by atoms with Crippen LogP contribution in [0, 0.1) is 0 Å². The molecule has 1 N–H and O–H groups in total. The fraction of sp³-hybridized carbons (Fsp3) is 1.00. The number of methoxy groups -OCH3 is 2. The normalized spacial score (nSPS) is 13.4. The van der Waals surface area contributed by atoms with Crippen LogP contribution in [0.2, 0.25) is 0 Å². The second-order valence-corrected chi connectivity index (χ2v) is 3.48. The molecule has 0 rings (SSSR count). The van der Waals surface area contributed by atoms with Gasteiger partial charge in [-0.3, -0.25) is 0 Å². The summed E-state index contributed by atoms with van der Waals surface area (Å²) in [6.45, 7) is 3.51. The van der Waals surface area contributed by atoms with Gasteiger partial charge < -0.3 is 24.2 Å². The Labute approximate surface area is 91.9 Å². The first-order chi connectivity index (χ1) is 7.20. The first-order valence-corrected chi connectivity index (χ1v) is 5.13. The van der Waals surface area contributed by atoms with Crippen LogP contribution in [0.15, 0.2) is 0 Å². The Kier molecular flexibility index (Phi) is 10.2. The number of nitrogens with zero attached hydrogens (tertiary/aromatic N) is 1. The largest absolute Gasteiger partial charge is 0.389 e. The molecule has 1 unspecified atom stereocenters. The van der Waals surface area contributed by atoms with Gasteiger partial charge in [-0.1, -0.05) is 0 Å². The van der Waals surface area contributed by atoms with Crippen LogP contribution in [0.25, 0.3) is 0 Å². The maximum Gasteiger partial charge on any atom is 0.0900 e. The molecule has 0 amide bonds. The van der Waals surface area contributed by atoms with E-state index in [0.29, 0.717) is 33.0 Å². The molecule has 15 heavy (non-hydrogen) atoms. The predicted molar refractivity (Wildman–Crippen MR) is 58.1 cm³/mol. The quantitative estimate of drug-likeness (QED) is 0.508. The summed E-state index contributed by atoms with van der Waals surface area (Å²) in [7, 11) is 5.23. The highest BCUT2D eigenvalue weighted by Crippen LogP contribution is 1.91. The molecule has 0 saturated heterocycles. The standard InChI is InChI=1S/C10H23NO4/c1-11(4-5-13-2)8-10(12)9-15-7-6-14-3/h10,12H,4-9H2,1-3H3. The van der Waals surface area contributed by atoms with E-state index >= 15 is 0 Å². The number of ether oxygens (including phenoxy) is 3. The molecule has 0 bridgehead atoms. The third kappa shape index (κ3) is 10.1. The van der Waals surface area contributed by atoms with Crippen molar-refractivity contribution in [3.8, 4) is 0 Å². The van der Waals surface area contributed by atoms with Gasteiger partial charge in [-0.25, -0.2) is 0 Å². The summed E-state index contributed by atoms with van der Waals surface area (Å²) in [4.78, 5) is 2.01. The SMILES string of the molecule is COCCOCC(O)CN(C)CCOC. The van der Waals surface area contributed by atoms with Gasteiger partial charge in [0.15, 0.2) is 0 Å². The van der Waals surface area contributed by atoms with E-state index in [2.05, 4.69) is 0 Å². The lowest BCUT2D eigenvalue weighted by molar-refractivity contribution is 0.000362. The van der Waals surface area contributed by atoms with Gasteiger partial charge in [0.2, 0.25) is 0 Å². The van der Waals surface area contributed by atoms with E-state index in [1.807, 2.05) is 11.9 Å². The molecule has 0 heterocycles. The van der Waals surface area contributed by atoms with Gasteiger partial charge in [-0.05, 0) is 7.05 Å². The Morgan fingerprint density at radius 1 is 1.13 bits per heavy atom. The minimum atomic E-state index is -0.455. The summed E-state index contributed by atoms with van der Waals surface area (Å²) in [5, 5.41) is 9.57. The lowest BCUT2D eigenvalue weighted by Gasteiger charge is -2.19. The maximum atomic E-state index is 9.57. The second-order valence-electron chi connectivity index (χ2n) is 3.48. The lowest BCUT2D eigenvalue weighted by Crippen LogP contribution is -2.34. The summed E-state index contributed by atoms with van der Waals surface area (Å²) in [6.07, 6.45) is -0.455. The average Bonchev–Trinajstić information content (AvgIpc) is 2.21. The molecular formula is C10H23NO4. The predicted octanol–water partition coefficient (Wildman–Crippen LogP) is -0.411. The van der Waals surface area contributed by atoms with Crippen LogP contribution in [0.1, 0.15) is 0 Å². The fourth-order valence-electron chi connectivity index (χ4n) is 1.11. The van der Waals surface area contributed by atoms with E-state index in [1.165, 1.54) is 0 Å². The van der Waals surface area contributed by atoms with Gasteiger partial charge in [0.1, 0.15) is 0 Å². The molecule has 0 fully saturated rings. The summed E-state index contributed by atoms with van der Waals surface area (Å²) >= 11 is 0. The number of rotatable bonds is 10. The van der Waals surface area contributed by atoms with E-state index in [1.54, 1.807) is 14.2 Å². The van der Waals surface area contributed by atoms with Crippen molar-refractivity contribution in [3.05, 3.63) is 0 Å². The Bertz CT molecular complexity index is 135. The van der Waals surface area contributed by atoms with Crippen molar-refractivity contribution < 1.29 is 19.3 Å². The first kappa shape index (κ1) is 14.8. The molecule has 0 aliphatic heterocycles. The number of hydrogen-bond donors (Lipinski definition) is 1. The molecule has 92 valence electrons. The zero-order valence-electron chi connectivity index (χ0n) is 9.94. The van der Waals surface area contributed by atoms with Gasteiger partial charge in [0.05, 0.1) is 32.5 Å². The smallest absolute Gasteiger partial charge is 0.0900 e. The number of aliphatic hydroxyl groups is 1. The van der Waals surface area contributed by atoms with Gasteiger partial charge in [-0.15, -0.1) is 0 Å². The van der Waals surface area contributed by atoms with E-state index < -0.39 is 6.10 Å². The van der Waals surface area contributed by atoms with E-state index in [0.717, 1.165) is 6.54 Å². The van der Waals surface area contributed by atoms with Gasteiger partial charge >= 0.3 is 0 Å². The number of hydrogen-bond acceptors (Lipinski definition) is 5. The van der Waals surface area contributed by atoms with Gasteiger partial charge in [-0.2, -0.15) is 0 Å². The van der Waals surface area contributed by atoms with Crippen LogP contribution in [-0.2, 0) is 14.2 Å². The highest BCUT2D eigenvalue weighted by atomic mass is 16.5. The molecule has 1 atom stereocenters. The van der Waals surface area contributed by atoms with Gasteiger partial charge in [0.25, 0.3) is 0 Å². The molecule has 0 aliphatic carbocycles. The Balaban J connectivity index is 3.33. The molecule has 5 heteroatoms. The van der Waals surface area contributed by atoms with Crippen molar-refractivity contribution in [1.82, 2.24) is 4.90 Å². The van der Waals surface area contributed by atoms with Crippen LogP contribution in [0.3, 0.4) is 0 Å². The average molecular weight is 221 g/mol. The third-order valence-electron chi connectivity index (χ3n) is 1.94. The molecule has 0 aliphatic rings. The summed E-state index contributed by atoms with van der Waals surface area (Å²) in [5.74, 6) is 0. The van der Waals surface area contributed by atoms with Crippen molar-refractivity contribution in [1.29, 1.82) is 0 Å².